The molecule has 1 amide bonds. The van der Waals surface area contributed by atoms with E-state index in [0.29, 0.717) is 12.3 Å². The van der Waals surface area contributed by atoms with Gasteiger partial charge in [-0.2, -0.15) is 0 Å². The predicted octanol–water partition coefficient (Wildman–Crippen LogP) is 1.74. The van der Waals surface area contributed by atoms with Crippen LogP contribution in [-0.2, 0) is 14.3 Å². The van der Waals surface area contributed by atoms with Crippen LogP contribution in [0.3, 0.4) is 0 Å². The van der Waals surface area contributed by atoms with E-state index in [4.69, 9.17) is 9.47 Å². The van der Waals surface area contributed by atoms with Gasteiger partial charge in [0.1, 0.15) is 0 Å². The maximum Gasteiger partial charge on any atom is 0.220 e. The van der Waals surface area contributed by atoms with Crippen LogP contribution in [0.4, 0.5) is 0 Å². The van der Waals surface area contributed by atoms with Gasteiger partial charge in [0, 0.05) is 38.7 Å². The molecule has 104 valence electrons. The zero-order chi connectivity index (χ0) is 12.8. The molecule has 1 saturated heterocycles. The normalized spacial score (nSPS) is 26.4. The molecule has 0 spiro atoms. The van der Waals surface area contributed by atoms with Crippen molar-refractivity contribution in [2.75, 3.05) is 33.5 Å². The SMILES string of the molecule is COCC1(CNC(=O)C[C@H]2CCOC2)CCCC1. The van der Waals surface area contributed by atoms with E-state index in [0.717, 1.165) is 32.8 Å². The van der Waals surface area contributed by atoms with Gasteiger partial charge in [0.15, 0.2) is 0 Å². The summed E-state index contributed by atoms with van der Waals surface area (Å²) in [6.07, 6.45) is 6.51. The average molecular weight is 255 g/mol. The number of rotatable bonds is 6. The third-order valence-corrected chi connectivity index (χ3v) is 4.27. The van der Waals surface area contributed by atoms with Crippen molar-refractivity contribution in [3.63, 3.8) is 0 Å². The number of amides is 1. The molecule has 1 saturated carbocycles. The van der Waals surface area contributed by atoms with E-state index >= 15 is 0 Å². The first-order valence-electron chi connectivity index (χ1n) is 7.07. The molecule has 1 aliphatic heterocycles. The molecule has 0 aromatic carbocycles. The first kappa shape index (κ1) is 13.8. The summed E-state index contributed by atoms with van der Waals surface area (Å²) in [6.45, 7) is 3.09. The highest BCUT2D eigenvalue weighted by Gasteiger charge is 2.34. The Hall–Kier alpha value is -0.610. The summed E-state index contributed by atoms with van der Waals surface area (Å²) < 4.78 is 10.6. The summed E-state index contributed by atoms with van der Waals surface area (Å²) >= 11 is 0. The number of hydrogen-bond donors (Lipinski definition) is 1. The zero-order valence-electron chi connectivity index (χ0n) is 11.4. The third kappa shape index (κ3) is 3.69. The molecule has 2 fully saturated rings. The van der Waals surface area contributed by atoms with Crippen LogP contribution in [0.15, 0.2) is 0 Å². The molecule has 1 aliphatic carbocycles. The van der Waals surface area contributed by atoms with Crippen molar-refractivity contribution in [1.29, 1.82) is 0 Å². The van der Waals surface area contributed by atoms with Crippen molar-refractivity contribution in [3.8, 4) is 0 Å². The summed E-state index contributed by atoms with van der Waals surface area (Å²) in [5.41, 5.74) is 0.191. The smallest absolute Gasteiger partial charge is 0.220 e. The summed E-state index contributed by atoms with van der Waals surface area (Å²) in [5.74, 6) is 0.597. The van der Waals surface area contributed by atoms with Crippen molar-refractivity contribution >= 4 is 5.91 Å². The Morgan fingerprint density at radius 3 is 2.83 bits per heavy atom. The van der Waals surface area contributed by atoms with Gasteiger partial charge in [-0.25, -0.2) is 0 Å². The topological polar surface area (TPSA) is 47.6 Å². The summed E-state index contributed by atoms with van der Waals surface area (Å²) in [7, 11) is 1.75. The molecule has 2 rings (SSSR count). The molecular formula is C14H25NO3. The lowest BCUT2D eigenvalue weighted by molar-refractivity contribution is -0.122. The third-order valence-electron chi connectivity index (χ3n) is 4.27. The van der Waals surface area contributed by atoms with Crippen LogP contribution in [-0.4, -0.2) is 39.4 Å². The van der Waals surface area contributed by atoms with Crippen molar-refractivity contribution in [2.24, 2.45) is 11.3 Å². The number of carbonyl (C=O) groups excluding carboxylic acids is 1. The van der Waals surface area contributed by atoms with Gasteiger partial charge < -0.3 is 14.8 Å². The second-order valence-corrected chi connectivity index (χ2v) is 5.85. The van der Waals surface area contributed by atoms with E-state index in [9.17, 15) is 4.79 Å². The van der Waals surface area contributed by atoms with E-state index in [1.807, 2.05) is 0 Å². The number of carbonyl (C=O) groups is 1. The van der Waals surface area contributed by atoms with E-state index in [1.165, 1.54) is 25.7 Å². The van der Waals surface area contributed by atoms with Crippen LogP contribution in [0, 0.1) is 11.3 Å². The molecule has 4 nitrogen and oxygen atoms in total. The van der Waals surface area contributed by atoms with Gasteiger partial charge in [-0.1, -0.05) is 12.8 Å². The van der Waals surface area contributed by atoms with Crippen LogP contribution < -0.4 is 5.32 Å². The quantitative estimate of drug-likeness (QED) is 0.786. The monoisotopic (exact) mass is 255 g/mol. The molecular weight excluding hydrogens is 230 g/mol. The number of ether oxygens (including phenoxy) is 2. The van der Waals surface area contributed by atoms with Crippen molar-refractivity contribution in [3.05, 3.63) is 0 Å². The molecule has 0 unspecified atom stereocenters. The Morgan fingerprint density at radius 2 is 2.22 bits per heavy atom. The van der Waals surface area contributed by atoms with Crippen molar-refractivity contribution in [2.45, 2.75) is 38.5 Å². The summed E-state index contributed by atoms with van der Waals surface area (Å²) in [4.78, 5) is 11.9. The minimum absolute atomic E-state index is 0.174. The molecule has 1 heterocycles. The Bertz CT molecular complexity index is 268. The first-order valence-corrected chi connectivity index (χ1v) is 7.07. The fourth-order valence-electron chi connectivity index (χ4n) is 3.17. The molecule has 1 N–H and O–H groups in total. The lowest BCUT2D eigenvalue weighted by Crippen LogP contribution is -2.39. The van der Waals surface area contributed by atoms with Gasteiger partial charge in [0.2, 0.25) is 5.91 Å². The maximum atomic E-state index is 11.9. The highest BCUT2D eigenvalue weighted by Crippen LogP contribution is 2.37. The number of nitrogens with one attached hydrogen (secondary N) is 1. The van der Waals surface area contributed by atoms with Gasteiger partial charge >= 0.3 is 0 Å². The lowest BCUT2D eigenvalue weighted by Gasteiger charge is -2.28. The molecule has 0 aromatic heterocycles. The van der Waals surface area contributed by atoms with Crippen molar-refractivity contribution < 1.29 is 14.3 Å². The largest absolute Gasteiger partial charge is 0.384 e. The van der Waals surface area contributed by atoms with E-state index in [1.54, 1.807) is 7.11 Å². The van der Waals surface area contributed by atoms with Crippen LogP contribution in [0.2, 0.25) is 0 Å². The highest BCUT2D eigenvalue weighted by atomic mass is 16.5. The predicted molar refractivity (Wildman–Crippen MR) is 69.3 cm³/mol. The standard InChI is InChI=1S/C14H25NO3/c1-17-11-14(5-2-3-6-14)10-15-13(16)8-12-4-7-18-9-12/h12H,2-11H2,1H3,(H,15,16)/t12-/m1/s1. The minimum atomic E-state index is 0.174. The van der Waals surface area contributed by atoms with Crippen molar-refractivity contribution in [1.82, 2.24) is 5.32 Å². The van der Waals surface area contributed by atoms with E-state index < -0.39 is 0 Å². The van der Waals surface area contributed by atoms with E-state index in [2.05, 4.69) is 5.32 Å². The molecule has 2 aliphatic rings. The number of hydrogen-bond acceptors (Lipinski definition) is 3. The summed E-state index contributed by atoms with van der Waals surface area (Å²) in [6, 6.07) is 0. The fraction of sp³-hybridized carbons (Fsp3) is 0.929. The van der Waals surface area contributed by atoms with Gasteiger partial charge in [-0.05, 0) is 25.2 Å². The Morgan fingerprint density at radius 1 is 1.44 bits per heavy atom. The molecule has 0 bridgehead atoms. The van der Waals surface area contributed by atoms with Gasteiger partial charge in [0.25, 0.3) is 0 Å². The number of methoxy groups -OCH3 is 1. The van der Waals surface area contributed by atoms with Crippen LogP contribution in [0.25, 0.3) is 0 Å². The van der Waals surface area contributed by atoms with Gasteiger partial charge in [0.05, 0.1) is 6.61 Å². The molecule has 18 heavy (non-hydrogen) atoms. The maximum absolute atomic E-state index is 11.9. The first-order chi connectivity index (χ1) is 8.74. The van der Waals surface area contributed by atoms with Gasteiger partial charge in [-0.3, -0.25) is 4.79 Å². The Balaban J connectivity index is 1.73. The van der Waals surface area contributed by atoms with Crippen LogP contribution in [0.1, 0.15) is 38.5 Å². The average Bonchev–Trinajstić information content (AvgIpc) is 2.99. The fourth-order valence-corrected chi connectivity index (χ4v) is 3.17. The second-order valence-electron chi connectivity index (χ2n) is 5.85. The van der Waals surface area contributed by atoms with E-state index in [-0.39, 0.29) is 11.3 Å². The molecule has 0 aromatic rings. The minimum Gasteiger partial charge on any atom is -0.384 e. The van der Waals surface area contributed by atoms with Gasteiger partial charge in [-0.15, -0.1) is 0 Å². The zero-order valence-corrected chi connectivity index (χ0v) is 11.4. The molecule has 0 radical (unpaired) electrons. The lowest BCUT2D eigenvalue weighted by atomic mass is 9.87. The molecule has 4 heteroatoms. The summed E-state index contributed by atoms with van der Waals surface area (Å²) in [5, 5.41) is 3.10. The second kappa shape index (κ2) is 6.53. The molecule has 1 atom stereocenters. The highest BCUT2D eigenvalue weighted by molar-refractivity contribution is 5.76. The Labute approximate surface area is 109 Å². The Kier molecular flexibility index (Phi) is 5.01. The van der Waals surface area contributed by atoms with Crippen LogP contribution >= 0.6 is 0 Å². The van der Waals surface area contributed by atoms with Crippen LogP contribution in [0.5, 0.6) is 0 Å².